The van der Waals surface area contributed by atoms with Crippen molar-refractivity contribution in [1.29, 1.82) is 0 Å². The van der Waals surface area contributed by atoms with Crippen LogP contribution in [0, 0.1) is 6.92 Å². The molecule has 6 nitrogen and oxygen atoms in total. The Kier molecular flexibility index (Phi) is 3.62. The number of anilines is 1. The molecule has 0 unspecified atom stereocenters. The summed E-state index contributed by atoms with van der Waals surface area (Å²) in [6, 6.07) is 0. The SMILES string of the molecule is COC(=O)Nc1nc(C)c(C(=O)OC)s1. The lowest BCUT2D eigenvalue weighted by Gasteiger charge is -1.96. The lowest BCUT2D eigenvalue weighted by atomic mass is 10.4. The van der Waals surface area contributed by atoms with Crippen molar-refractivity contribution in [3.8, 4) is 0 Å². The number of thiazole rings is 1. The third kappa shape index (κ3) is 2.66. The van der Waals surface area contributed by atoms with E-state index in [1.165, 1.54) is 14.2 Å². The molecule has 0 fully saturated rings. The van der Waals surface area contributed by atoms with Crippen LogP contribution in [0.5, 0.6) is 0 Å². The van der Waals surface area contributed by atoms with Crippen LogP contribution in [0.2, 0.25) is 0 Å². The van der Waals surface area contributed by atoms with Crippen LogP contribution in [0.15, 0.2) is 0 Å². The molecule has 0 radical (unpaired) electrons. The van der Waals surface area contributed by atoms with Gasteiger partial charge in [-0.3, -0.25) is 5.32 Å². The number of aromatic nitrogens is 1. The zero-order valence-electron chi connectivity index (χ0n) is 8.49. The minimum Gasteiger partial charge on any atom is -0.465 e. The standard InChI is InChI=1S/C8H10N2O4S/c1-4-5(6(11)13-2)15-7(9-4)10-8(12)14-3/h1-3H3,(H,9,10,12). The molecule has 1 rings (SSSR count). The molecule has 0 aliphatic heterocycles. The van der Waals surface area contributed by atoms with Gasteiger partial charge in [-0.15, -0.1) is 0 Å². The van der Waals surface area contributed by atoms with Gasteiger partial charge in [-0.25, -0.2) is 14.6 Å². The van der Waals surface area contributed by atoms with Gasteiger partial charge >= 0.3 is 12.1 Å². The number of methoxy groups -OCH3 is 2. The van der Waals surface area contributed by atoms with Gasteiger partial charge in [-0.2, -0.15) is 0 Å². The maximum atomic E-state index is 11.2. The minimum absolute atomic E-state index is 0.305. The second kappa shape index (κ2) is 4.74. The summed E-state index contributed by atoms with van der Waals surface area (Å²) in [4.78, 5) is 26.4. The number of hydrogen-bond acceptors (Lipinski definition) is 6. The Morgan fingerprint density at radius 1 is 1.33 bits per heavy atom. The Labute approximate surface area is 90.2 Å². The number of amides is 1. The van der Waals surface area contributed by atoms with E-state index in [0.717, 1.165) is 11.3 Å². The van der Waals surface area contributed by atoms with Gasteiger partial charge in [0.1, 0.15) is 4.88 Å². The van der Waals surface area contributed by atoms with Crippen LogP contribution in [0.4, 0.5) is 9.93 Å². The maximum Gasteiger partial charge on any atom is 0.413 e. The van der Waals surface area contributed by atoms with E-state index in [-0.39, 0.29) is 0 Å². The number of nitrogens with zero attached hydrogens (tertiary/aromatic N) is 1. The van der Waals surface area contributed by atoms with Gasteiger partial charge in [0.05, 0.1) is 19.9 Å². The largest absolute Gasteiger partial charge is 0.465 e. The van der Waals surface area contributed by atoms with Gasteiger partial charge in [0.15, 0.2) is 5.13 Å². The fourth-order valence-corrected chi connectivity index (χ4v) is 1.74. The molecular formula is C8H10N2O4S. The molecule has 1 aromatic heterocycles. The first kappa shape index (κ1) is 11.4. The molecule has 0 spiro atoms. The summed E-state index contributed by atoms with van der Waals surface area (Å²) in [6.07, 6.45) is -0.625. The fraction of sp³-hybridized carbons (Fsp3) is 0.375. The van der Waals surface area contributed by atoms with Crippen molar-refractivity contribution in [3.63, 3.8) is 0 Å². The molecule has 15 heavy (non-hydrogen) atoms. The van der Waals surface area contributed by atoms with Crippen molar-refractivity contribution in [2.24, 2.45) is 0 Å². The monoisotopic (exact) mass is 230 g/mol. The smallest absolute Gasteiger partial charge is 0.413 e. The van der Waals surface area contributed by atoms with Crippen molar-refractivity contribution < 1.29 is 19.1 Å². The molecule has 0 bridgehead atoms. The average molecular weight is 230 g/mol. The number of hydrogen-bond donors (Lipinski definition) is 1. The van der Waals surface area contributed by atoms with Crippen LogP contribution < -0.4 is 5.32 Å². The maximum absolute atomic E-state index is 11.2. The van der Waals surface area contributed by atoms with Gasteiger partial charge < -0.3 is 9.47 Å². The predicted octanol–water partition coefficient (Wildman–Crippen LogP) is 1.42. The first-order valence-corrected chi connectivity index (χ1v) is 4.80. The highest BCUT2D eigenvalue weighted by Gasteiger charge is 2.16. The highest BCUT2D eigenvalue weighted by molar-refractivity contribution is 7.17. The van der Waals surface area contributed by atoms with E-state index in [9.17, 15) is 9.59 Å². The summed E-state index contributed by atoms with van der Waals surface area (Å²) >= 11 is 1.04. The molecule has 0 saturated carbocycles. The lowest BCUT2D eigenvalue weighted by molar-refractivity contribution is 0.0605. The van der Waals surface area contributed by atoms with E-state index in [0.29, 0.717) is 15.7 Å². The van der Waals surface area contributed by atoms with Gasteiger partial charge in [0.25, 0.3) is 0 Å². The van der Waals surface area contributed by atoms with Crippen molar-refractivity contribution in [1.82, 2.24) is 4.98 Å². The summed E-state index contributed by atoms with van der Waals surface area (Å²) in [5.41, 5.74) is 0.512. The quantitative estimate of drug-likeness (QED) is 0.777. The van der Waals surface area contributed by atoms with E-state index in [1.54, 1.807) is 6.92 Å². The van der Waals surface area contributed by atoms with Gasteiger partial charge in [-0.05, 0) is 6.92 Å². The Hall–Kier alpha value is -1.63. The van der Waals surface area contributed by atoms with Crippen LogP contribution in [0.1, 0.15) is 15.4 Å². The van der Waals surface area contributed by atoms with Crippen molar-refractivity contribution in [3.05, 3.63) is 10.6 Å². The second-order valence-corrected chi connectivity index (χ2v) is 3.54. The summed E-state index contributed by atoms with van der Waals surface area (Å²) in [5, 5.41) is 2.68. The molecule has 0 aromatic carbocycles. The molecule has 1 N–H and O–H groups in total. The first-order valence-electron chi connectivity index (χ1n) is 3.99. The molecule has 1 amide bonds. The molecule has 82 valence electrons. The molecule has 1 heterocycles. The molecule has 0 aliphatic rings. The summed E-state index contributed by atoms with van der Waals surface area (Å²) in [5.74, 6) is -0.470. The summed E-state index contributed by atoms with van der Waals surface area (Å²) in [7, 11) is 2.53. The predicted molar refractivity (Wildman–Crippen MR) is 54.2 cm³/mol. The van der Waals surface area contributed by atoms with E-state index < -0.39 is 12.1 Å². The number of rotatable bonds is 2. The van der Waals surface area contributed by atoms with E-state index >= 15 is 0 Å². The van der Waals surface area contributed by atoms with E-state index in [4.69, 9.17) is 0 Å². The molecule has 0 aliphatic carbocycles. The lowest BCUT2D eigenvalue weighted by Crippen LogP contribution is -2.10. The summed E-state index contributed by atoms with van der Waals surface area (Å²) < 4.78 is 8.94. The van der Waals surface area contributed by atoms with Gasteiger partial charge in [0, 0.05) is 0 Å². The first-order chi connectivity index (χ1) is 7.08. The van der Waals surface area contributed by atoms with Crippen molar-refractivity contribution in [2.75, 3.05) is 19.5 Å². The normalized spacial score (nSPS) is 9.53. The number of esters is 1. The Balaban J connectivity index is 2.86. The Morgan fingerprint density at radius 3 is 2.53 bits per heavy atom. The molecular weight excluding hydrogens is 220 g/mol. The third-order valence-electron chi connectivity index (χ3n) is 1.56. The van der Waals surface area contributed by atoms with Crippen molar-refractivity contribution in [2.45, 2.75) is 6.92 Å². The number of ether oxygens (including phenoxy) is 2. The highest BCUT2D eigenvalue weighted by Crippen LogP contribution is 2.23. The number of nitrogens with one attached hydrogen (secondary N) is 1. The zero-order chi connectivity index (χ0) is 11.4. The topological polar surface area (TPSA) is 77.5 Å². The minimum atomic E-state index is -0.625. The van der Waals surface area contributed by atoms with Crippen LogP contribution in [0.3, 0.4) is 0 Å². The Morgan fingerprint density at radius 2 is 2.00 bits per heavy atom. The highest BCUT2D eigenvalue weighted by atomic mass is 32.1. The Bertz CT molecular complexity index is 388. The summed E-state index contributed by atoms with van der Waals surface area (Å²) in [6.45, 7) is 1.66. The number of carbonyl (C=O) groups is 2. The van der Waals surface area contributed by atoms with Crippen LogP contribution in [0.25, 0.3) is 0 Å². The van der Waals surface area contributed by atoms with Crippen molar-refractivity contribution >= 4 is 28.5 Å². The van der Waals surface area contributed by atoms with E-state index in [2.05, 4.69) is 19.8 Å². The van der Waals surface area contributed by atoms with Crippen LogP contribution in [-0.2, 0) is 9.47 Å². The number of aryl methyl sites for hydroxylation is 1. The molecule has 0 atom stereocenters. The average Bonchev–Trinajstić information content (AvgIpc) is 2.58. The fourth-order valence-electron chi connectivity index (χ4n) is 0.870. The molecule has 7 heteroatoms. The number of carbonyl (C=O) groups excluding carboxylic acids is 2. The van der Waals surface area contributed by atoms with Crippen LogP contribution in [-0.4, -0.2) is 31.3 Å². The van der Waals surface area contributed by atoms with Gasteiger partial charge in [-0.1, -0.05) is 11.3 Å². The van der Waals surface area contributed by atoms with E-state index in [1.807, 2.05) is 0 Å². The van der Waals surface area contributed by atoms with Gasteiger partial charge in [0.2, 0.25) is 0 Å². The van der Waals surface area contributed by atoms with Crippen LogP contribution >= 0.6 is 11.3 Å². The third-order valence-corrected chi connectivity index (χ3v) is 2.61. The second-order valence-electron chi connectivity index (χ2n) is 2.54. The zero-order valence-corrected chi connectivity index (χ0v) is 9.30. The molecule has 1 aromatic rings. The molecule has 0 saturated heterocycles.